The lowest BCUT2D eigenvalue weighted by molar-refractivity contribution is 0.0598. The van der Waals surface area contributed by atoms with Crippen LogP contribution in [-0.4, -0.2) is 38.2 Å². The first kappa shape index (κ1) is 14.5. The molecule has 0 amide bonds. The van der Waals surface area contributed by atoms with Crippen LogP contribution in [0, 0.1) is 0 Å². The van der Waals surface area contributed by atoms with Crippen molar-refractivity contribution in [1.82, 2.24) is 10.2 Å². The van der Waals surface area contributed by atoms with Crippen molar-refractivity contribution >= 4 is 0 Å². The Morgan fingerprint density at radius 2 is 1.79 bits per heavy atom. The second kappa shape index (κ2) is 6.51. The molecule has 0 aromatic heterocycles. The quantitative estimate of drug-likeness (QED) is 0.816. The van der Waals surface area contributed by atoms with E-state index in [4.69, 9.17) is 4.74 Å². The van der Waals surface area contributed by atoms with E-state index in [-0.39, 0.29) is 0 Å². The van der Waals surface area contributed by atoms with E-state index in [1.54, 1.807) is 7.11 Å². The van der Waals surface area contributed by atoms with Gasteiger partial charge < -0.3 is 15.0 Å². The minimum Gasteiger partial charge on any atom is -0.380 e. The number of likely N-dealkylation sites (N-methyl/N-ethyl adjacent to an activating group) is 1. The van der Waals surface area contributed by atoms with Crippen LogP contribution in [0.15, 0.2) is 24.3 Å². The van der Waals surface area contributed by atoms with Crippen molar-refractivity contribution in [3.63, 3.8) is 0 Å². The van der Waals surface area contributed by atoms with Crippen LogP contribution in [0.4, 0.5) is 0 Å². The highest BCUT2D eigenvalue weighted by molar-refractivity contribution is 5.22. The van der Waals surface area contributed by atoms with Crippen LogP contribution in [0.5, 0.6) is 0 Å². The van der Waals surface area contributed by atoms with Gasteiger partial charge in [0, 0.05) is 25.7 Å². The van der Waals surface area contributed by atoms with Gasteiger partial charge in [-0.2, -0.15) is 0 Å². The van der Waals surface area contributed by atoms with Gasteiger partial charge in [0.05, 0.1) is 6.61 Å². The molecule has 0 atom stereocenters. The number of benzene rings is 1. The van der Waals surface area contributed by atoms with Gasteiger partial charge >= 0.3 is 0 Å². The van der Waals surface area contributed by atoms with Gasteiger partial charge in [-0.15, -0.1) is 0 Å². The van der Waals surface area contributed by atoms with E-state index in [2.05, 4.69) is 48.6 Å². The predicted molar refractivity (Wildman–Crippen MR) is 79.1 cm³/mol. The Balaban J connectivity index is 1.79. The van der Waals surface area contributed by atoms with Crippen LogP contribution in [0.1, 0.15) is 30.4 Å². The Hall–Kier alpha value is -0.900. The molecule has 1 aromatic carbocycles. The summed E-state index contributed by atoms with van der Waals surface area (Å²) in [5.41, 5.74) is 2.97. The van der Waals surface area contributed by atoms with Gasteiger partial charge in [0.25, 0.3) is 0 Å². The van der Waals surface area contributed by atoms with Crippen LogP contribution in [0.2, 0.25) is 0 Å². The molecule has 106 valence electrons. The van der Waals surface area contributed by atoms with Gasteiger partial charge in [-0.05, 0) is 44.5 Å². The summed E-state index contributed by atoms with van der Waals surface area (Å²) in [6, 6.07) is 8.66. The van der Waals surface area contributed by atoms with Crippen molar-refractivity contribution in [3.8, 4) is 0 Å². The van der Waals surface area contributed by atoms with Crippen molar-refractivity contribution in [2.24, 2.45) is 0 Å². The summed E-state index contributed by atoms with van der Waals surface area (Å²) in [6.07, 6.45) is 4.01. The number of hydrogen-bond donors (Lipinski definition) is 1. The molecule has 0 bridgehead atoms. The Bertz CT molecular complexity index is 382. The molecule has 3 nitrogen and oxygen atoms in total. The SMILES string of the molecule is COCc1ccc(CNCC2(N(C)C)CCC2)cc1. The van der Waals surface area contributed by atoms with E-state index in [1.807, 2.05) is 0 Å². The molecule has 2 rings (SSSR count). The normalized spacial score (nSPS) is 17.5. The standard InChI is InChI=1S/C16H26N2O/c1-18(2)16(9-4-10-16)13-17-11-14-5-7-15(8-6-14)12-19-3/h5-8,17H,4,9-13H2,1-3H3. The summed E-state index contributed by atoms with van der Waals surface area (Å²) in [4.78, 5) is 2.38. The first-order valence-corrected chi connectivity index (χ1v) is 7.11. The first-order chi connectivity index (χ1) is 9.16. The Morgan fingerprint density at radius 1 is 1.16 bits per heavy atom. The summed E-state index contributed by atoms with van der Waals surface area (Å²) < 4.78 is 5.12. The van der Waals surface area contributed by atoms with Gasteiger partial charge in [-0.1, -0.05) is 24.3 Å². The van der Waals surface area contributed by atoms with Crippen molar-refractivity contribution in [2.45, 2.75) is 38.0 Å². The summed E-state index contributed by atoms with van der Waals surface area (Å²) in [6.45, 7) is 2.72. The van der Waals surface area contributed by atoms with E-state index in [1.165, 1.54) is 30.4 Å². The van der Waals surface area contributed by atoms with E-state index in [0.717, 1.165) is 13.1 Å². The monoisotopic (exact) mass is 262 g/mol. The average Bonchev–Trinajstić information content (AvgIpc) is 2.34. The molecule has 0 aliphatic heterocycles. The number of nitrogens with zero attached hydrogens (tertiary/aromatic N) is 1. The van der Waals surface area contributed by atoms with E-state index >= 15 is 0 Å². The lowest BCUT2D eigenvalue weighted by Crippen LogP contribution is -2.56. The molecule has 1 aliphatic rings. The minimum atomic E-state index is 0.399. The molecule has 1 aliphatic carbocycles. The van der Waals surface area contributed by atoms with Crippen LogP contribution in [0.25, 0.3) is 0 Å². The fourth-order valence-corrected chi connectivity index (χ4v) is 2.73. The third-order valence-electron chi connectivity index (χ3n) is 4.35. The smallest absolute Gasteiger partial charge is 0.0713 e. The lowest BCUT2D eigenvalue weighted by Gasteiger charge is -2.47. The van der Waals surface area contributed by atoms with Crippen LogP contribution in [0.3, 0.4) is 0 Å². The maximum Gasteiger partial charge on any atom is 0.0713 e. The molecule has 1 fully saturated rings. The summed E-state index contributed by atoms with van der Waals surface area (Å²) in [5, 5.41) is 3.60. The predicted octanol–water partition coefficient (Wildman–Crippen LogP) is 2.41. The highest BCUT2D eigenvalue weighted by Gasteiger charge is 2.38. The van der Waals surface area contributed by atoms with E-state index in [0.29, 0.717) is 12.1 Å². The highest BCUT2D eigenvalue weighted by atomic mass is 16.5. The van der Waals surface area contributed by atoms with E-state index < -0.39 is 0 Å². The van der Waals surface area contributed by atoms with Crippen LogP contribution < -0.4 is 5.32 Å². The summed E-state index contributed by atoms with van der Waals surface area (Å²) in [5.74, 6) is 0. The number of methoxy groups -OCH3 is 1. The molecular formula is C16H26N2O. The molecule has 0 heterocycles. The number of hydrogen-bond acceptors (Lipinski definition) is 3. The molecule has 3 heteroatoms. The molecule has 1 saturated carbocycles. The zero-order valence-corrected chi connectivity index (χ0v) is 12.4. The van der Waals surface area contributed by atoms with Gasteiger partial charge in [0.2, 0.25) is 0 Å². The molecule has 0 radical (unpaired) electrons. The van der Waals surface area contributed by atoms with E-state index in [9.17, 15) is 0 Å². The number of rotatable bonds is 7. The van der Waals surface area contributed by atoms with Crippen molar-refractivity contribution in [1.29, 1.82) is 0 Å². The van der Waals surface area contributed by atoms with Crippen molar-refractivity contribution in [3.05, 3.63) is 35.4 Å². The third-order valence-corrected chi connectivity index (χ3v) is 4.35. The fourth-order valence-electron chi connectivity index (χ4n) is 2.73. The van der Waals surface area contributed by atoms with Gasteiger partial charge in [-0.3, -0.25) is 0 Å². The second-order valence-electron chi connectivity index (χ2n) is 5.83. The minimum absolute atomic E-state index is 0.399. The molecule has 0 unspecified atom stereocenters. The van der Waals surface area contributed by atoms with Crippen LogP contribution >= 0.6 is 0 Å². The molecule has 19 heavy (non-hydrogen) atoms. The Labute approximate surface area is 116 Å². The van der Waals surface area contributed by atoms with Gasteiger partial charge in [-0.25, -0.2) is 0 Å². The largest absolute Gasteiger partial charge is 0.380 e. The molecule has 1 N–H and O–H groups in total. The maximum absolute atomic E-state index is 5.12. The second-order valence-corrected chi connectivity index (χ2v) is 5.83. The molecule has 0 saturated heterocycles. The van der Waals surface area contributed by atoms with Crippen molar-refractivity contribution in [2.75, 3.05) is 27.7 Å². The van der Waals surface area contributed by atoms with Crippen molar-refractivity contribution < 1.29 is 4.74 Å². The first-order valence-electron chi connectivity index (χ1n) is 7.11. The third kappa shape index (κ3) is 3.56. The molecular weight excluding hydrogens is 236 g/mol. The fraction of sp³-hybridized carbons (Fsp3) is 0.625. The maximum atomic E-state index is 5.12. The lowest BCUT2D eigenvalue weighted by atomic mass is 9.75. The molecule has 0 spiro atoms. The Kier molecular flexibility index (Phi) is 4.97. The highest BCUT2D eigenvalue weighted by Crippen LogP contribution is 2.35. The zero-order chi connectivity index (χ0) is 13.7. The average molecular weight is 262 g/mol. The zero-order valence-electron chi connectivity index (χ0n) is 12.4. The van der Waals surface area contributed by atoms with Gasteiger partial charge in [0.1, 0.15) is 0 Å². The summed E-state index contributed by atoms with van der Waals surface area (Å²) in [7, 11) is 6.12. The number of nitrogens with one attached hydrogen (secondary N) is 1. The topological polar surface area (TPSA) is 24.5 Å². The molecule has 1 aromatic rings. The summed E-state index contributed by atoms with van der Waals surface area (Å²) >= 11 is 0. The Morgan fingerprint density at radius 3 is 2.26 bits per heavy atom. The number of ether oxygens (including phenoxy) is 1. The van der Waals surface area contributed by atoms with Crippen LogP contribution in [-0.2, 0) is 17.9 Å². The van der Waals surface area contributed by atoms with Gasteiger partial charge in [0.15, 0.2) is 0 Å².